The summed E-state index contributed by atoms with van der Waals surface area (Å²) in [7, 11) is 1.76. The van der Waals surface area contributed by atoms with Crippen molar-refractivity contribution in [3.05, 3.63) is 18.3 Å². The minimum absolute atomic E-state index is 0.278. The highest BCUT2D eigenvalue weighted by Crippen LogP contribution is 2.24. The first kappa shape index (κ1) is 9.70. The third-order valence-corrected chi connectivity index (χ3v) is 2.19. The number of hydrogen-bond acceptors (Lipinski definition) is 7. The molecule has 0 aliphatic rings. The molecule has 0 unspecified atom stereocenters. The third-order valence-electron chi connectivity index (χ3n) is 2.19. The van der Waals surface area contributed by atoms with E-state index in [9.17, 15) is 0 Å². The van der Waals surface area contributed by atoms with E-state index in [2.05, 4.69) is 25.5 Å². The average molecular weight is 232 g/mol. The van der Waals surface area contributed by atoms with Crippen LogP contribution in [-0.2, 0) is 7.05 Å². The van der Waals surface area contributed by atoms with E-state index in [1.165, 1.54) is 6.39 Å². The summed E-state index contributed by atoms with van der Waals surface area (Å²) in [6, 6.07) is 0. The number of oxazole rings is 1. The van der Waals surface area contributed by atoms with Crippen LogP contribution < -0.4 is 0 Å². The molecule has 0 aliphatic heterocycles. The van der Waals surface area contributed by atoms with Crippen molar-refractivity contribution in [1.82, 2.24) is 30.2 Å². The van der Waals surface area contributed by atoms with Crippen molar-refractivity contribution >= 4 is 0 Å². The second-order valence-electron chi connectivity index (χ2n) is 3.46. The molecule has 86 valence electrons. The van der Waals surface area contributed by atoms with Gasteiger partial charge in [-0.1, -0.05) is 5.21 Å². The zero-order valence-corrected chi connectivity index (χ0v) is 9.15. The quantitative estimate of drug-likeness (QED) is 0.645. The largest absolute Gasteiger partial charge is 0.438 e. The standard InChI is InChI=1S/C9H8N6O2/c1-5-7(16-4-10-5)9-13-12-8(17-9)6-3-15(2)14-11-6/h3-4H,1-2H3. The minimum Gasteiger partial charge on any atom is -0.438 e. The molecular formula is C9H8N6O2. The van der Waals surface area contributed by atoms with E-state index in [-0.39, 0.29) is 5.89 Å². The number of hydrogen-bond donors (Lipinski definition) is 0. The zero-order valence-electron chi connectivity index (χ0n) is 9.15. The predicted octanol–water partition coefficient (Wildman–Crippen LogP) is 0.829. The fourth-order valence-electron chi connectivity index (χ4n) is 1.37. The maximum absolute atomic E-state index is 5.44. The van der Waals surface area contributed by atoms with E-state index in [4.69, 9.17) is 8.83 Å². The highest BCUT2D eigenvalue weighted by atomic mass is 16.4. The van der Waals surface area contributed by atoms with Gasteiger partial charge in [0.05, 0.1) is 11.9 Å². The Morgan fingerprint density at radius 1 is 1.18 bits per heavy atom. The van der Waals surface area contributed by atoms with Crippen molar-refractivity contribution in [2.24, 2.45) is 7.05 Å². The molecule has 8 nitrogen and oxygen atoms in total. The summed E-state index contributed by atoms with van der Waals surface area (Å²) in [6.07, 6.45) is 3.02. The molecule has 0 radical (unpaired) electrons. The summed E-state index contributed by atoms with van der Waals surface area (Å²) < 4.78 is 12.1. The second kappa shape index (κ2) is 3.51. The Labute approximate surface area is 95.3 Å². The highest BCUT2D eigenvalue weighted by molar-refractivity contribution is 5.51. The lowest BCUT2D eigenvalue weighted by atomic mass is 10.4. The SMILES string of the molecule is Cc1ncoc1-c1nnc(-c2cn(C)nn2)o1. The molecule has 8 heteroatoms. The first-order valence-corrected chi connectivity index (χ1v) is 4.84. The molecule has 0 spiro atoms. The van der Waals surface area contributed by atoms with Gasteiger partial charge in [-0.15, -0.1) is 15.3 Å². The minimum atomic E-state index is 0.278. The van der Waals surface area contributed by atoms with Crippen LogP contribution in [0.3, 0.4) is 0 Å². The van der Waals surface area contributed by atoms with Crippen LogP contribution in [0, 0.1) is 6.92 Å². The van der Waals surface area contributed by atoms with Crippen molar-refractivity contribution < 1.29 is 8.83 Å². The molecule has 3 heterocycles. The molecule has 0 atom stereocenters. The molecule has 3 aromatic rings. The molecule has 0 bridgehead atoms. The van der Waals surface area contributed by atoms with Crippen LogP contribution in [0.1, 0.15) is 5.69 Å². The van der Waals surface area contributed by atoms with Crippen molar-refractivity contribution in [1.29, 1.82) is 0 Å². The maximum Gasteiger partial charge on any atom is 0.285 e. The van der Waals surface area contributed by atoms with Crippen molar-refractivity contribution in [3.63, 3.8) is 0 Å². The van der Waals surface area contributed by atoms with Crippen molar-refractivity contribution in [3.8, 4) is 23.2 Å². The summed E-state index contributed by atoms with van der Waals surface area (Å²) in [6.45, 7) is 1.80. The molecule has 0 fully saturated rings. The molecule has 0 N–H and O–H groups in total. The Bertz CT molecular complexity index is 652. The molecule has 17 heavy (non-hydrogen) atoms. The van der Waals surface area contributed by atoms with Gasteiger partial charge in [-0.05, 0) is 6.92 Å². The van der Waals surface area contributed by atoms with Gasteiger partial charge in [0.2, 0.25) is 5.76 Å². The van der Waals surface area contributed by atoms with E-state index < -0.39 is 0 Å². The summed E-state index contributed by atoms with van der Waals surface area (Å²) in [5.41, 5.74) is 1.21. The van der Waals surface area contributed by atoms with E-state index in [1.54, 1.807) is 24.9 Å². The van der Waals surface area contributed by atoms with Crippen molar-refractivity contribution in [2.45, 2.75) is 6.92 Å². The second-order valence-corrected chi connectivity index (χ2v) is 3.46. The molecule has 0 aliphatic carbocycles. The van der Waals surface area contributed by atoms with Gasteiger partial charge >= 0.3 is 0 Å². The monoisotopic (exact) mass is 232 g/mol. The van der Waals surface area contributed by atoms with Gasteiger partial charge in [-0.25, -0.2) is 4.98 Å². The average Bonchev–Trinajstić information content (AvgIpc) is 2.97. The van der Waals surface area contributed by atoms with Crippen LogP contribution in [-0.4, -0.2) is 30.2 Å². The number of nitrogens with zero attached hydrogens (tertiary/aromatic N) is 6. The zero-order chi connectivity index (χ0) is 11.8. The Hall–Kier alpha value is -2.51. The number of aromatic nitrogens is 6. The first-order valence-electron chi connectivity index (χ1n) is 4.84. The number of aryl methyl sites for hydroxylation is 2. The Morgan fingerprint density at radius 3 is 2.65 bits per heavy atom. The van der Waals surface area contributed by atoms with Gasteiger partial charge in [0.15, 0.2) is 12.1 Å². The number of rotatable bonds is 2. The van der Waals surface area contributed by atoms with E-state index in [0.29, 0.717) is 23.0 Å². The highest BCUT2D eigenvalue weighted by Gasteiger charge is 2.17. The van der Waals surface area contributed by atoms with E-state index in [0.717, 1.165) is 0 Å². The summed E-state index contributed by atoms with van der Waals surface area (Å²) in [4.78, 5) is 3.95. The molecule has 3 rings (SSSR count). The molecular weight excluding hydrogens is 224 g/mol. The first-order chi connectivity index (χ1) is 8.24. The van der Waals surface area contributed by atoms with E-state index >= 15 is 0 Å². The van der Waals surface area contributed by atoms with Crippen LogP contribution in [0.2, 0.25) is 0 Å². The Morgan fingerprint density at radius 2 is 2.00 bits per heavy atom. The Balaban J connectivity index is 2.01. The normalized spacial score (nSPS) is 10.9. The molecule has 0 amide bonds. The van der Waals surface area contributed by atoms with Crippen molar-refractivity contribution in [2.75, 3.05) is 0 Å². The van der Waals surface area contributed by atoms with Gasteiger partial charge < -0.3 is 8.83 Å². The van der Waals surface area contributed by atoms with E-state index in [1.807, 2.05) is 0 Å². The lowest BCUT2D eigenvalue weighted by Gasteiger charge is -1.87. The Kier molecular flexibility index (Phi) is 2.00. The fourth-order valence-corrected chi connectivity index (χ4v) is 1.37. The lowest BCUT2D eigenvalue weighted by Crippen LogP contribution is -1.85. The van der Waals surface area contributed by atoms with Gasteiger partial charge in [0.25, 0.3) is 11.8 Å². The molecule has 0 saturated carbocycles. The smallest absolute Gasteiger partial charge is 0.285 e. The van der Waals surface area contributed by atoms with Crippen LogP contribution in [0.5, 0.6) is 0 Å². The van der Waals surface area contributed by atoms with Gasteiger partial charge in [-0.3, -0.25) is 4.68 Å². The maximum atomic E-state index is 5.44. The van der Waals surface area contributed by atoms with Gasteiger partial charge in [0, 0.05) is 7.05 Å². The lowest BCUT2D eigenvalue weighted by molar-refractivity contribution is 0.517. The van der Waals surface area contributed by atoms with Crippen LogP contribution in [0.25, 0.3) is 23.2 Å². The van der Waals surface area contributed by atoms with Crippen LogP contribution in [0.15, 0.2) is 21.4 Å². The van der Waals surface area contributed by atoms with Gasteiger partial charge in [-0.2, -0.15) is 0 Å². The van der Waals surface area contributed by atoms with Crippen LogP contribution >= 0.6 is 0 Å². The third kappa shape index (κ3) is 1.59. The fraction of sp³-hybridized carbons (Fsp3) is 0.222. The summed E-state index contributed by atoms with van der Waals surface area (Å²) >= 11 is 0. The molecule has 0 saturated heterocycles. The summed E-state index contributed by atoms with van der Waals surface area (Å²) in [5.74, 6) is 1.04. The van der Waals surface area contributed by atoms with Crippen LogP contribution in [0.4, 0.5) is 0 Å². The molecule has 3 aromatic heterocycles. The summed E-state index contributed by atoms with van der Waals surface area (Å²) in [5, 5.41) is 15.4. The van der Waals surface area contributed by atoms with Gasteiger partial charge in [0.1, 0.15) is 0 Å². The molecule has 0 aromatic carbocycles. The topological polar surface area (TPSA) is 95.7 Å². The predicted molar refractivity (Wildman–Crippen MR) is 54.5 cm³/mol.